The zero-order chi connectivity index (χ0) is 14.1. The van der Waals surface area contributed by atoms with Gasteiger partial charge in [0.1, 0.15) is 13.1 Å². The normalized spacial score (nSPS) is 17.8. The molecule has 0 bridgehead atoms. The molecule has 0 aliphatic carbocycles. The van der Waals surface area contributed by atoms with Gasteiger partial charge in [-0.25, -0.2) is 0 Å². The molecule has 5 heteroatoms. The van der Waals surface area contributed by atoms with Crippen LogP contribution in [0.25, 0.3) is 0 Å². The second-order valence-electron chi connectivity index (χ2n) is 5.45. The van der Waals surface area contributed by atoms with Crippen LogP contribution in [0, 0.1) is 11.7 Å². The van der Waals surface area contributed by atoms with Crippen LogP contribution in [0.3, 0.4) is 0 Å². The highest BCUT2D eigenvalue weighted by atomic mass is 32.1. The number of H-pyrrole nitrogens is 2. The average Bonchev–Trinajstić information content (AvgIpc) is 2.42. The molecule has 1 atom stereocenters. The lowest BCUT2D eigenvalue weighted by molar-refractivity contribution is -0.929. The fraction of sp³-hybridized carbons (Fsp3) is 0.333. The molecule has 0 fully saturated rings. The minimum absolute atomic E-state index is 0.0372. The molecule has 1 aromatic carbocycles. The van der Waals surface area contributed by atoms with Gasteiger partial charge in [0, 0.05) is 17.7 Å². The monoisotopic (exact) mass is 288 g/mol. The summed E-state index contributed by atoms with van der Waals surface area (Å²) in [7, 11) is 0. The van der Waals surface area contributed by atoms with Gasteiger partial charge in [0.2, 0.25) is 0 Å². The van der Waals surface area contributed by atoms with Crippen LogP contribution in [0.15, 0.2) is 29.1 Å². The Hall–Kier alpha value is -1.72. The van der Waals surface area contributed by atoms with E-state index in [0.29, 0.717) is 4.77 Å². The fourth-order valence-corrected chi connectivity index (χ4v) is 2.96. The van der Waals surface area contributed by atoms with E-state index in [1.807, 2.05) is 0 Å². The molecule has 0 saturated heterocycles. The van der Waals surface area contributed by atoms with Crippen molar-refractivity contribution in [2.24, 2.45) is 0 Å². The van der Waals surface area contributed by atoms with Crippen molar-refractivity contribution < 1.29 is 4.90 Å². The van der Waals surface area contributed by atoms with Gasteiger partial charge >= 0.3 is 0 Å². The van der Waals surface area contributed by atoms with E-state index in [0.717, 1.165) is 37.3 Å². The molecule has 0 amide bonds. The molecule has 2 heterocycles. The third kappa shape index (κ3) is 2.73. The van der Waals surface area contributed by atoms with E-state index in [1.54, 1.807) is 0 Å². The molecule has 104 valence electrons. The van der Waals surface area contributed by atoms with Gasteiger partial charge in [-0.3, -0.25) is 9.78 Å². The Morgan fingerprint density at radius 3 is 2.75 bits per heavy atom. The first-order chi connectivity index (χ1) is 9.61. The first-order valence-corrected chi connectivity index (χ1v) is 7.26. The minimum Gasteiger partial charge on any atom is -0.335 e. The molecule has 20 heavy (non-hydrogen) atoms. The molecule has 1 aromatic heterocycles. The van der Waals surface area contributed by atoms with Crippen LogP contribution in [0.5, 0.6) is 0 Å². The van der Waals surface area contributed by atoms with E-state index in [4.69, 9.17) is 12.2 Å². The maximum absolute atomic E-state index is 12.0. The number of benzene rings is 1. The van der Waals surface area contributed by atoms with Gasteiger partial charge in [-0.05, 0) is 19.1 Å². The summed E-state index contributed by atoms with van der Waals surface area (Å²) in [4.78, 5) is 19.2. The molecule has 1 unspecified atom stereocenters. The van der Waals surface area contributed by atoms with Crippen LogP contribution < -0.4 is 10.5 Å². The standard InChI is InChI=1S/C15H17N3OS/c1-10-2-4-11(5-3-10)8-18-7-6-13-12(9-18)14(19)17-15(20)16-13/h2-5H,6-9H2,1H3,(H2,16,17,19,20)/p+1. The Balaban J connectivity index is 1.80. The molecule has 3 N–H and O–H groups in total. The lowest BCUT2D eigenvalue weighted by Crippen LogP contribution is -3.10. The quantitative estimate of drug-likeness (QED) is 0.719. The molecule has 2 aromatic rings. The minimum atomic E-state index is -0.0372. The van der Waals surface area contributed by atoms with Crippen molar-refractivity contribution in [2.45, 2.75) is 26.4 Å². The van der Waals surface area contributed by atoms with Crippen LogP contribution in [0.4, 0.5) is 0 Å². The van der Waals surface area contributed by atoms with Crippen molar-refractivity contribution >= 4 is 12.2 Å². The highest BCUT2D eigenvalue weighted by Crippen LogP contribution is 2.05. The Kier molecular flexibility index (Phi) is 3.54. The Morgan fingerprint density at radius 2 is 2.00 bits per heavy atom. The summed E-state index contributed by atoms with van der Waals surface area (Å²) in [6.07, 6.45) is 0.879. The molecule has 0 saturated carbocycles. The third-order valence-electron chi connectivity index (χ3n) is 3.86. The maximum atomic E-state index is 12.0. The molecule has 1 aliphatic heterocycles. The van der Waals surface area contributed by atoms with Crippen molar-refractivity contribution in [1.82, 2.24) is 9.97 Å². The second-order valence-corrected chi connectivity index (χ2v) is 5.86. The van der Waals surface area contributed by atoms with Gasteiger partial charge in [-0.15, -0.1) is 0 Å². The van der Waals surface area contributed by atoms with E-state index in [2.05, 4.69) is 41.2 Å². The topological polar surface area (TPSA) is 53.1 Å². The second kappa shape index (κ2) is 5.34. The van der Waals surface area contributed by atoms with Gasteiger partial charge in [-0.2, -0.15) is 0 Å². The van der Waals surface area contributed by atoms with E-state index in [1.165, 1.54) is 16.0 Å². The lowest BCUT2D eigenvalue weighted by Gasteiger charge is -2.25. The Bertz CT molecular complexity index is 730. The summed E-state index contributed by atoms with van der Waals surface area (Å²) in [5.41, 5.74) is 4.41. The van der Waals surface area contributed by atoms with E-state index in [9.17, 15) is 4.79 Å². The molecule has 0 radical (unpaired) electrons. The SMILES string of the molecule is Cc1ccc(C[NH+]2CCc3[nH]c(=S)[nH]c(=O)c3C2)cc1. The van der Waals surface area contributed by atoms with E-state index in [-0.39, 0.29) is 5.56 Å². The number of aromatic amines is 2. The van der Waals surface area contributed by atoms with Crippen molar-refractivity contribution in [2.75, 3.05) is 6.54 Å². The summed E-state index contributed by atoms with van der Waals surface area (Å²) in [6, 6.07) is 8.61. The van der Waals surface area contributed by atoms with Crippen molar-refractivity contribution in [1.29, 1.82) is 0 Å². The Labute approximate surface area is 122 Å². The third-order valence-corrected chi connectivity index (χ3v) is 4.06. The largest absolute Gasteiger partial charge is 0.335 e. The summed E-state index contributed by atoms with van der Waals surface area (Å²) >= 11 is 5.01. The van der Waals surface area contributed by atoms with Crippen LogP contribution in [-0.4, -0.2) is 16.5 Å². The van der Waals surface area contributed by atoms with Gasteiger partial charge in [0.25, 0.3) is 5.56 Å². The Morgan fingerprint density at radius 1 is 1.25 bits per heavy atom. The number of aryl methyl sites for hydroxylation is 1. The van der Waals surface area contributed by atoms with Crippen LogP contribution in [0.2, 0.25) is 0 Å². The number of hydrogen-bond donors (Lipinski definition) is 3. The predicted octanol–water partition coefficient (Wildman–Crippen LogP) is 0.882. The number of aromatic nitrogens is 2. The number of nitrogens with one attached hydrogen (secondary N) is 3. The van der Waals surface area contributed by atoms with Gasteiger partial charge in [-0.1, -0.05) is 29.8 Å². The van der Waals surface area contributed by atoms with Crippen LogP contribution in [0.1, 0.15) is 22.4 Å². The van der Waals surface area contributed by atoms with Crippen LogP contribution in [-0.2, 0) is 19.5 Å². The zero-order valence-electron chi connectivity index (χ0n) is 11.5. The highest BCUT2D eigenvalue weighted by molar-refractivity contribution is 7.71. The summed E-state index contributed by atoms with van der Waals surface area (Å²) in [5.74, 6) is 0. The molecule has 3 rings (SSSR count). The molecule has 4 nitrogen and oxygen atoms in total. The van der Waals surface area contributed by atoms with Gasteiger partial charge < -0.3 is 9.88 Å². The van der Waals surface area contributed by atoms with Crippen molar-refractivity contribution in [3.8, 4) is 0 Å². The molecular weight excluding hydrogens is 270 g/mol. The first-order valence-electron chi connectivity index (χ1n) is 6.85. The molecule has 1 aliphatic rings. The van der Waals surface area contributed by atoms with Crippen molar-refractivity contribution in [3.05, 3.63) is 61.8 Å². The van der Waals surface area contributed by atoms with E-state index >= 15 is 0 Å². The van der Waals surface area contributed by atoms with Gasteiger partial charge in [0.05, 0.1) is 12.1 Å². The summed E-state index contributed by atoms with van der Waals surface area (Å²) in [5, 5.41) is 0. The smallest absolute Gasteiger partial charge is 0.260 e. The fourth-order valence-electron chi connectivity index (χ4n) is 2.75. The lowest BCUT2D eigenvalue weighted by atomic mass is 10.1. The number of fused-ring (bicyclic) bond motifs is 1. The first kappa shape index (κ1) is 13.3. The van der Waals surface area contributed by atoms with Gasteiger partial charge in [0.15, 0.2) is 4.77 Å². The van der Waals surface area contributed by atoms with Crippen molar-refractivity contribution in [3.63, 3.8) is 0 Å². The van der Waals surface area contributed by atoms with Crippen LogP contribution >= 0.6 is 12.2 Å². The summed E-state index contributed by atoms with van der Waals surface area (Å²) in [6.45, 7) is 4.82. The average molecular weight is 288 g/mol. The zero-order valence-corrected chi connectivity index (χ0v) is 12.3. The number of quaternary nitrogens is 1. The molecular formula is C15H18N3OS+. The number of rotatable bonds is 2. The predicted molar refractivity (Wildman–Crippen MR) is 80.4 cm³/mol. The maximum Gasteiger partial charge on any atom is 0.260 e. The molecule has 0 spiro atoms. The summed E-state index contributed by atoms with van der Waals surface area (Å²) < 4.78 is 0.427. The number of hydrogen-bond acceptors (Lipinski definition) is 2. The van der Waals surface area contributed by atoms with E-state index < -0.39 is 0 Å². The highest BCUT2D eigenvalue weighted by Gasteiger charge is 2.22.